The molecular formula is C17H25FN2O. The highest BCUT2D eigenvalue weighted by atomic mass is 19.1. The van der Waals surface area contributed by atoms with Gasteiger partial charge in [-0.05, 0) is 55.3 Å². The fourth-order valence-corrected chi connectivity index (χ4v) is 2.30. The number of nitrogens with one attached hydrogen (secondary N) is 2. The Morgan fingerprint density at radius 2 is 1.95 bits per heavy atom. The maximum atomic E-state index is 12.9. The van der Waals surface area contributed by atoms with E-state index in [1.165, 1.54) is 25.0 Å². The first-order chi connectivity index (χ1) is 10.0. The van der Waals surface area contributed by atoms with Crippen LogP contribution in [0.25, 0.3) is 0 Å². The van der Waals surface area contributed by atoms with Crippen molar-refractivity contribution < 1.29 is 9.18 Å². The minimum Gasteiger partial charge on any atom is -0.352 e. The molecule has 1 aromatic carbocycles. The zero-order valence-electron chi connectivity index (χ0n) is 12.9. The number of rotatable bonds is 8. The van der Waals surface area contributed by atoms with Crippen LogP contribution in [0, 0.1) is 17.7 Å². The minimum absolute atomic E-state index is 0.0384. The number of halogens is 1. The fourth-order valence-electron chi connectivity index (χ4n) is 2.30. The van der Waals surface area contributed by atoms with Crippen LogP contribution in [0.2, 0.25) is 0 Å². The molecule has 1 aliphatic rings. The van der Waals surface area contributed by atoms with Gasteiger partial charge in [0.25, 0.3) is 0 Å². The van der Waals surface area contributed by atoms with Crippen LogP contribution in [0.3, 0.4) is 0 Å². The first kappa shape index (κ1) is 16.0. The van der Waals surface area contributed by atoms with Crippen LogP contribution in [0.5, 0.6) is 0 Å². The van der Waals surface area contributed by atoms with Crippen molar-refractivity contribution in [1.82, 2.24) is 10.6 Å². The summed E-state index contributed by atoms with van der Waals surface area (Å²) in [6.07, 6.45) is 3.30. The van der Waals surface area contributed by atoms with Crippen molar-refractivity contribution in [2.75, 3.05) is 13.1 Å². The van der Waals surface area contributed by atoms with Gasteiger partial charge in [0.05, 0.1) is 6.54 Å². The maximum absolute atomic E-state index is 12.9. The van der Waals surface area contributed by atoms with Gasteiger partial charge in [-0.15, -0.1) is 0 Å². The third kappa shape index (κ3) is 5.84. The Morgan fingerprint density at radius 3 is 2.52 bits per heavy atom. The standard InChI is InChI=1S/C17H25FN2O/c1-12(2)16(9-13-5-7-15(18)8-6-13)20-17(21)11-19-10-14-3-4-14/h5-8,12,14,16,19H,3-4,9-11H2,1-2H3,(H,20,21). The number of hydrogen-bond acceptors (Lipinski definition) is 2. The molecule has 1 saturated carbocycles. The number of carbonyl (C=O) groups excluding carboxylic acids is 1. The van der Waals surface area contributed by atoms with Gasteiger partial charge in [0, 0.05) is 6.04 Å². The Morgan fingerprint density at radius 1 is 1.29 bits per heavy atom. The topological polar surface area (TPSA) is 41.1 Å². The van der Waals surface area contributed by atoms with Gasteiger partial charge in [-0.3, -0.25) is 4.79 Å². The van der Waals surface area contributed by atoms with Crippen molar-refractivity contribution in [1.29, 1.82) is 0 Å². The summed E-state index contributed by atoms with van der Waals surface area (Å²) >= 11 is 0. The summed E-state index contributed by atoms with van der Waals surface area (Å²) in [5.41, 5.74) is 1.04. The second-order valence-corrected chi connectivity index (χ2v) is 6.32. The van der Waals surface area contributed by atoms with Gasteiger partial charge >= 0.3 is 0 Å². The van der Waals surface area contributed by atoms with Gasteiger partial charge in [-0.25, -0.2) is 4.39 Å². The van der Waals surface area contributed by atoms with E-state index in [-0.39, 0.29) is 17.8 Å². The second kappa shape index (κ2) is 7.55. The highest BCUT2D eigenvalue weighted by Crippen LogP contribution is 2.27. The van der Waals surface area contributed by atoms with Crippen LogP contribution in [0.1, 0.15) is 32.3 Å². The molecule has 2 N–H and O–H groups in total. The Balaban J connectivity index is 1.79. The molecule has 3 nitrogen and oxygen atoms in total. The lowest BCUT2D eigenvalue weighted by Crippen LogP contribution is -2.44. The van der Waals surface area contributed by atoms with E-state index in [9.17, 15) is 9.18 Å². The van der Waals surface area contributed by atoms with Crippen LogP contribution < -0.4 is 10.6 Å². The summed E-state index contributed by atoms with van der Waals surface area (Å²) in [7, 11) is 0. The Labute approximate surface area is 126 Å². The number of carbonyl (C=O) groups is 1. The van der Waals surface area contributed by atoms with E-state index in [2.05, 4.69) is 24.5 Å². The van der Waals surface area contributed by atoms with Crippen molar-refractivity contribution in [3.05, 3.63) is 35.6 Å². The van der Waals surface area contributed by atoms with Crippen molar-refractivity contribution in [2.45, 2.75) is 39.2 Å². The summed E-state index contributed by atoms with van der Waals surface area (Å²) < 4.78 is 12.9. The Kier molecular flexibility index (Phi) is 5.74. The monoisotopic (exact) mass is 292 g/mol. The number of amides is 1. The van der Waals surface area contributed by atoms with E-state index >= 15 is 0 Å². The zero-order chi connectivity index (χ0) is 15.2. The van der Waals surface area contributed by atoms with Crippen LogP contribution in [-0.4, -0.2) is 25.0 Å². The van der Waals surface area contributed by atoms with Gasteiger partial charge in [0.2, 0.25) is 5.91 Å². The van der Waals surface area contributed by atoms with Gasteiger partial charge in [0.15, 0.2) is 0 Å². The Bertz CT molecular complexity index is 454. The molecule has 0 saturated heterocycles. The van der Waals surface area contributed by atoms with Crippen molar-refractivity contribution in [3.63, 3.8) is 0 Å². The summed E-state index contributed by atoms with van der Waals surface area (Å²) in [5.74, 6) is 0.921. The predicted octanol–water partition coefficient (Wildman–Crippen LogP) is 2.51. The van der Waals surface area contributed by atoms with Crippen LogP contribution >= 0.6 is 0 Å². The molecule has 0 radical (unpaired) electrons. The first-order valence-corrected chi connectivity index (χ1v) is 7.79. The third-order valence-corrected chi connectivity index (χ3v) is 3.94. The molecule has 0 bridgehead atoms. The van der Waals surface area contributed by atoms with Crippen LogP contribution in [0.4, 0.5) is 4.39 Å². The summed E-state index contributed by atoms with van der Waals surface area (Å²) in [6, 6.07) is 6.56. The van der Waals surface area contributed by atoms with Crippen LogP contribution in [0.15, 0.2) is 24.3 Å². The van der Waals surface area contributed by atoms with Gasteiger partial charge < -0.3 is 10.6 Å². The van der Waals surface area contributed by atoms with E-state index in [0.29, 0.717) is 12.5 Å². The van der Waals surface area contributed by atoms with E-state index in [0.717, 1.165) is 24.4 Å². The van der Waals surface area contributed by atoms with E-state index in [1.54, 1.807) is 12.1 Å². The molecule has 21 heavy (non-hydrogen) atoms. The third-order valence-electron chi connectivity index (χ3n) is 3.94. The van der Waals surface area contributed by atoms with E-state index in [4.69, 9.17) is 0 Å². The molecule has 116 valence electrons. The van der Waals surface area contributed by atoms with Gasteiger partial charge in [-0.1, -0.05) is 26.0 Å². The molecule has 1 unspecified atom stereocenters. The molecule has 1 amide bonds. The van der Waals surface area contributed by atoms with Crippen molar-refractivity contribution >= 4 is 5.91 Å². The highest BCUT2D eigenvalue weighted by Gasteiger charge is 2.21. The molecule has 1 atom stereocenters. The van der Waals surface area contributed by atoms with E-state index in [1.807, 2.05) is 0 Å². The van der Waals surface area contributed by atoms with Crippen molar-refractivity contribution in [3.8, 4) is 0 Å². The molecule has 4 heteroatoms. The fraction of sp³-hybridized carbons (Fsp3) is 0.588. The van der Waals surface area contributed by atoms with E-state index < -0.39 is 0 Å². The quantitative estimate of drug-likeness (QED) is 0.773. The minimum atomic E-state index is -0.229. The van der Waals surface area contributed by atoms with Gasteiger partial charge in [-0.2, -0.15) is 0 Å². The molecule has 0 aliphatic heterocycles. The molecular weight excluding hydrogens is 267 g/mol. The zero-order valence-corrected chi connectivity index (χ0v) is 12.9. The summed E-state index contributed by atoms with van der Waals surface area (Å²) in [5, 5.41) is 6.28. The average Bonchev–Trinajstić information content (AvgIpc) is 3.24. The average molecular weight is 292 g/mol. The maximum Gasteiger partial charge on any atom is 0.234 e. The van der Waals surface area contributed by atoms with Crippen molar-refractivity contribution in [2.24, 2.45) is 11.8 Å². The normalized spacial score (nSPS) is 16.0. The van der Waals surface area contributed by atoms with Gasteiger partial charge in [0.1, 0.15) is 5.82 Å². The highest BCUT2D eigenvalue weighted by molar-refractivity contribution is 5.78. The summed E-state index contributed by atoms with van der Waals surface area (Å²) in [6.45, 7) is 5.50. The summed E-state index contributed by atoms with van der Waals surface area (Å²) in [4.78, 5) is 12.0. The first-order valence-electron chi connectivity index (χ1n) is 7.79. The molecule has 0 heterocycles. The number of benzene rings is 1. The second-order valence-electron chi connectivity index (χ2n) is 6.32. The smallest absolute Gasteiger partial charge is 0.234 e. The molecule has 1 aliphatic carbocycles. The SMILES string of the molecule is CC(C)C(Cc1ccc(F)cc1)NC(=O)CNCC1CC1. The lowest BCUT2D eigenvalue weighted by molar-refractivity contribution is -0.121. The molecule has 1 fully saturated rings. The molecule has 0 aromatic heterocycles. The lowest BCUT2D eigenvalue weighted by Gasteiger charge is -2.22. The molecule has 0 spiro atoms. The largest absolute Gasteiger partial charge is 0.352 e. The molecule has 2 rings (SSSR count). The van der Waals surface area contributed by atoms with Crippen LogP contribution in [-0.2, 0) is 11.2 Å². The lowest BCUT2D eigenvalue weighted by atomic mass is 9.96. The predicted molar refractivity (Wildman–Crippen MR) is 82.5 cm³/mol. The molecule has 1 aromatic rings. The number of hydrogen-bond donors (Lipinski definition) is 2. The Hall–Kier alpha value is -1.42.